The van der Waals surface area contributed by atoms with Gasteiger partial charge in [-0.15, -0.1) is 5.10 Å². The van der Waals surface area contributed by atoms with Crippen molar-refractivity contribution in [2.75, 3.05) is 0 Å². The molecule has 1 amide bonds. The van der Waals surface area contributed by atoms with E-state index in [-0.39, 0.29) is 24.2 Å². The molecule has 1 fully saturated rings. The molecule has 0 aromatic carbocycles. The number of carboxylic acids is 1. The van der Waals surface area contributed by atoms with Crippen LogP contribution >= 0.6 is 0 Å². The van der Waals surface area contributed by atoms with Crippen LogP contribution < -0.4 is 5.32 Å². The topological polar surface area (TPSA) is 97.1 Å². The first-order chi connectivity index (χ1) is 9.77. The zero-order valence-corrected chi connectivity index (χ0v) is 12.7. The number of aromatic nitrogens is 3. The summed E-state index contributed by atoms with van der Waals surface area (Å²) in [7, 11) is 0. The van der Waals surface area contributed by atoms with Crippen LogP contribution in [-0.2, 0) is 11.3 Å². The molecule has 116 valence electrons. The summed E-state index contributed by atoms with van der Waals surface area (Å²) in [4.78, 5) is 22.7. The molecule has 1 aliphatic rings. The molecular formula is C14H22N4O3. The molecule has 1 saturated carbocycles. The second-order valence-corrected chi connectivity index (χ2v) is 6.66. The fraction of sp³-hybridized carbons (Fsp3) is 0.714. The molecule has 0 saturated heterocycles. The molecule has 2 rings (SSSR count). The number of hydrogen-bond donors (Lipinski definition) is 2. The lowest BCUT2D eigenvalue weighted by atomic mass is 9.70. The minimum Gasteiger partial charge on any atom is -0.476 e. The van der Waals surface area contributed by atoms with Gasteiger partial charge in [0.15, 0.2) is 5.69 Å². The van der Waals surface area contributed by atoms with E-state index in [2.05, 4.69) is 36.4 Å². The normalized spacial score (nSPS) is 24.5. The van der Waals surface area contributed by atoms with E-state index in [1.807, 2.05) is 0 Å². The van der Waals surface area contributed by atoms with Crippen LogP contribution in [0.4, 0.5) is 0 Å². The first-order valence-electron chi connectivity index (χ1n) is 7.20. The Balaban J connectivity index is 1.88. The monoisotopic (exact) mass is 294 g/mol. The Morgan fingerprint density at radius 3 is 2.81 bits per heavy atom. The van der Waals surface area contributed by atoms with E-state index in [1.54, 1.807) is 0 Å². The van der Waals surface area contributed by atoms with Gasteiger partial charge in [0, 0.05) is 6.04 Å². The van der Waals surface area contributed by atoms with Crippen LogP contribution in [0.1, 0.15) is 50.5 Å². The third kappa shape index (κ3) is 4.03. The third-order valence-electron chi connectivity index (χ3n) is 4.10. The van der Waals surface area contributed by atoms with Crippen molar-refractivity contribution in [2.24, 2.45) is 11.3 Å². The Morgan fingerprint density at radius 1 is 1.52 bits per heavy atom. The summed E-state index contributed by atoms with van der Waals surface area (Å²) in [5.74, 6) is -0.874. The Kier molecular flexibility index (Phi) is 4.29. The van der Waals surface area contributed by atoms with Crippen molar-refractivity contribution in [2.45, 2.75) is 52.6 Å². The van der Waals surface area contributed by atoms with E-state index in [0.717, 1.165) is 19.3 Å². The minimum atomic E-state index is -1.15. The fourth-order valence-corrected chi connectivity index (χ4v) is 3.03. The minimum absolute atomic E-state index is 0.00705. The summed E-state index contributed by atoms with van der Waals surface area (Å²) in [6, 6.07) is 0.174. The van der Waals surface area contributed by atoms with E-state index in [9.17, 15) is 9.59 Å². The van der Waals surface area contributed by atoms with Crippen LogP contribution in [0.25, 0.3) is 0 Å². The predicted octanol–water partition coefficient (Wildman–Crippen LogP) is 1.31. The molecular weight excluding hydrogens is 272 g/mol. The van der Waals surface area contributed by atoms with Crippen LogP contribution in [0.5, 0.6) is 0 Å². The number of amides is 1. The van der Waals surface area contributed by atoms with Crippen LogP contribution in [0.15, 0.2) is 6.20 Å². The Hall–Kier alpha value is -1.92. The van der Waals surface area contributed by atoms with E-state index in [0.29, 0.717) is 11.3 Å². The average molecular weight is 294 g/mol. The van der Waals surface area contributed by atoms with Crippen molar-refractivity contribution in [3.05, 3.63) is 11.9 Å². The van der Waals surface area contributed by atoms with Crippen LogP contribution in [0.3, 0.4) is 0 Å². The maximum atomic E-state index is 12.0. The zero-order valence-electron chi connectivity index (χ0n) is 12.7. The standard InChI is InChI=1S/C14H22N4O3/c1-9-6-14(2,3)5-4-10(9)15-12(19)8-18-7-11(13(20)21)16-17-18/h7,9-10H,4-6,8H2,1-3H3,(H,15,19)(H,20,21). The van der Waals surface area contributed by atoms with Crippen molar-refractivity contribution in [1.82, 2.24) is 20.3 Å². The average Bonchev–Trinajstić information content (AvgIpc) is 2.81. The maximum absolute atomic E-state index is 12.0. The Morgan fingerprint density at radius 2 is 2.24 bits per heavy atom. The lowest BCUT2D eigenvalue weighted by Crippen LogP contribution is -2.45. The van der Waals surface area contributed by atoms with Gasteiger partial charge < -0.3 is 10.4 Å². The molecule has 1 aliphatic carbocycles. The first-order valence-corrected chi connectivity index (χ1v) is 7.20. The van der Waals surface area contributed by atoms with E-state index in [1.165, 1.54) is 10.9 Å². The summed E-state index contributed by atoms with van der Waals surface area (Å²) >= 11 is 0. The highest BCUT2D eigenvalue weighted by molar-refractivity contribution is 5.84. The molecule has 2 atom stereocenters. The van der Waals surface area contributed by atoms with Gasteiger partial charge in [-0.05, 0) is 30.6 Å². The van der Waals surface area contributed by atoms with Gasteiger partial charge in [-0.3, -0.25) is 4.79 Å². The van der Waals surface area contributed by atoms with Gasteiger partial charge in [-0.2, -0.15) is 0 Å². The molecule has 2 N–H and O–H groups in total. The van der Waals surface area contributed by atoms with Crippen molar-refractivity contribution in [1.29, 1.82) is 0 Å². The Bertz CT molecular complexity index is 538. The van der Waals surface area contributed by atoms with Gasteiger partial charge in [0.25, 0.3) is 0 Å². The van der Waals surface area contributed by atoms with E-state index in [4.69, 9.17) is 5.11 Å². The van der Waals surface area contributed by atoms with Gasteiger partial charge in [0.2, 0.25) is 5.91 Å². The van der Waals surface area contributed by atoms with Gasteiger partial charge in [-0.25, -0.2) is 9.48 Å². The third-order valence-corrected chi connectivity index (χ3v) is 4.10. The number of rotatable bonds is 4. The highest BCUT2D eigenvalue weighted by Crippen LogP contribution is 2.38. The van der Waals surface area contributed by atoms with Gasteiger partial charge >= 0.3 is 5.97 Å². The van der Waals surface area contributed by atoms with Crippen LogP contribution in [0, 0.1) is 11.3 Å². The molecule has 2 unspecified atom stereocenters. The van der Waals surface area contributed by atoms with E-state index < -0.39 is 5.97 Å². The van der Waals surface area contributed by atoms with Crippen molar-refractivity contribution in [3.63, 3.8) is 0 Å². The van der Waals surface area contributed by atoms with Gasteiger partial charge in [-0.1, -0.05) is 26.0 Å². The van der Waals surface area contributed by atoms with Gasteiger partial charge in [0.05, 0.1) is 6.20 Å². The second kappa shape index (κ2) is 5.83. The van der Waals surface area contributed by atoms with Gasteiger partial charge in [0.1, 0.15) is 6.54 Å². The van der Waals surface area contributed by atoms with Crippen molar-refractivity contribution in [3.8, 4) is 0 Å². The van der Waals surface area contributed by atoms with Crippen molar-refractivity contribution < 1.29 is 14.7 Å². The molecule has 1 aromatic heterocycles. The smallest absolute Gasteiger partial charge is 0.358 e. The SMILES string of the molecule is CC1CC(C)(C)CCC1NC(=O)Cn1cc(C(=O)O)nn1. The van der Waals surface area contributed by atoms with Crippen LogP contribution in [-0.4, -0.2) is 38.0 Å². The zero-order chi connectivity index (χ0) is 15.6. The highest BCUT2D eigenvalue weighted by atomic mass is 16.4. The van der Waals surface area contributed by atoms with E-state index >= 15 is 0 Å². The van der Waals surface area contributed by atoms with Crippen molar-refractivity contribution >= 4 is 11.9 Å². The summed E-state index contributed by atoms with van der Waals surface area (Å²) in [5, 5.41) is 18.9. The molecule has 0 aliphatic heterocycles. The maximum Gasteiger partial charge on any atom is 0.358 e. The number of carbonyl (C=O) groups excluding carboxylic acids is 1. The number of carbonyl (C=O) groups is 2. The first kappa shape index (κ1) is 15.5. The molecule has 21 heavy (non-hydrogen) atoms. The number of hydrogen-bond acceptors (Lipinski definition) is 4. The quantitative estimate of drug-likeness (QED) is 0.872. The largest absolute Gasteiger partial charge is 0.476 e. The molecule has 7 heteroatoms. The summed E-state index contributed by atoms with van der Waals surface area (Å²) in [5.41, 5.74) is 0.179. The molecule has 1 heterocycles. The molecule has 0 bridgehead atoms. The molecule has 0 spiro atoms. The second-order valence-electron chi connectivity index (χ2n) is 6.66. The predicted molar refractivity (Wildman–Crippen MR) is 75.7 cm³/mol. The number of carboxylic acid groups (broad SMARTS) is 1. The summed E-state index contributed by atoms with van der Waals surface area (Å²) in [6.07, 6.45) is 4.41. The Labute approximate surface area is 123 Å². The lowest BCUT2D eigenvalue weighted by molar-refractivity contribution is -0.123. The number of nitrogens with one attached hydrogen (secondary N) is 1. The van der Waals surface area contributed by atoms with Crippen LogP contribution in [0.2, 0.25) is 0 Å². The highest BCUT2D eigenvalue weighted by Gasteiger charge is 2.33. The summed E-state index contributed by atoms with van der Waals surface area (Å²) in [6.45, 7) is 6.66. The summed E-state index contributed by atoms with van der Waals surface area (Å²) < 4.78 is 1.25. The molecule has 0 radical (unpaired) electrons. The number of aromatic carboxylic acids is 1. The fourth-order valence-electron chi connectivity index (χ4n) is 3.03. The molecule has 7 nitrogen and oxygen atoms in total. The molecule has 1 aromatic rings. The number of nitrogens with zero attached hydrogens (tertiary/aromatic N) is 3. The lowest BCUT2D eigenvalue weighted by Gasteiger charge is -2.39.